The average Bonchev–Trinajstić information content (AvgIpc) is 2.58. The Morgan fingerprint density at radius 2 is 1.06 bits per heavy atom. The Kier molecular flexibility index (Phi) is 10.2. The Morgan fingerprint density at radius 1 is 0.647 bits per heavy atom. The molecule has 5 nitrogen and oxygen atoms in total. The van der Waals surface area contributed by atoms with Crippen LogP contribution in [0, 0.1) is 5.92 Å². The van der Waals surface area contributed by atoms with Crippen molar-refractivity contribution >= 4 is 11.8 Å². The molecule has 34 heavy (non-hydrogen) atoms. The van der Waals surface area contributed by atoms with Gasteiger partial charge in [-0.15, -0.1) is 0 Å². The van der Waals surface area contributed by atoms with Crippen LogP contribution in [-0.4, -0.2) is 40.0 Å². The number of Topliss-reactive ketones (excluding diaryl/α,β-unsaturated/α-hetero) is 1. The van der Waals surface area contributed by atoms with Gasteiger partial charge in [-0.1, -0.05) is 25.7 Å². The molecule has 5 heteroatoms. The molecule has 0 unspecified atom stereocenters. The number of ketones is 1. The number of rotatable bonds is 12. The van der Waals surface area contributed by atoms with Gasteiger partial charge in [0, 0.05) is 54.3 Å². The number of hydrogen-bond donors (Lipinski definition) is 2. The van der Waals surface area contributed by atoms with Crippen LogP contribution in [0.15, 0.2) is 0 Å². The normalized spacial score (nSPS) is 24.0. The second kappa shape index (κ2) is 11.9. The quantitative estimate of drug-likeness (QED) is 0.248. The molecule has 0 aromatic rings. The minimum Gasteiger partial charge on any atom is -0.462 e. The Bertz CT molecular complexity index is 591. The minimum absolute atomic E-state index is 0.00509. The fraction of sp³-hybridized carbons (Fsp3) is 0.931. The first kappa shape index (κ1) is 29.3. The van der Waals surface area contributed by atoms with Crippen LogP contribution in [0.25, 0.3) is 0 Å². The first-order valence-electron chi connectivity index (χ1n) is 13.9. The Balaban J connectivity index is 1.51. The zero-order valence-corrected chi connectivity index (χ0v) is 23.6. The van der Waals surface area contributed by atoms with Gasteiger partial charge in [-0.05, 0) is 87.0 Å². The Morgan fingerprint density at radius 3 is 1.56 bits per heavy atom. The van der Waals surface area contributed by atoms with Crippen LogP contribution in [0.2, 0.25) is 0 Å². The van der Waals surface area contributed by atoms with Crippen molar-refractivity contribution in [3.05, 3.63) is 0 Å². The van der Waals surface area contributed by atoms with E-state index in [9.17, 15) is 9.59 Å². The summed E-state index contributed by atoms with van der Waals surface area (Å²) in [5.41, 5.74) is 0.212. The summed E-state index contributed by atoms with van der Waals surface area (Å²) < 4.78 is 5.80. The fourth-order valence-corrected chi connectivity index (χ4v) is 6.96. The summed E-state index contributed by atoms with van der Waals surface area (Å²) in [6.45, 7) is 17.7. The number of carbonyl (C=O) groups is 2. The molecule has 2 aliphatic heterocycles. The molecule has 198 valence electrons. The molecule has 0 radical (unpaired) electrons. The number of nitrogens with one attached hydrogen (secondary N) is 2. The topological polar surface area (TPSA) is 67.4 Å². The van der Waals surface area contributed by atoms with E-state index in [-0.39, 0.29) is 34.2 Å². The van der Waals surface area contributed by atoms with Crippen LogP contribution in [0.4, 0.5) is 0 Å². The lowest BCUT2D eigenvalue weighted by atomic mass is 9.74. The summed E-state index contributed by atoms with van der Waals surface area (Å²) >= 11 is 0. The predicted octanol–water partition coefficient (Wildman–Crippen LogP) is 6.48. The van der Waals surface area contributed by atoms with Gasteiger partial charge in [0.1, 0.15) is 11.9 Å². The summed E-state index contributed by atoms with van der Waals surface area (Å²) in [4.78, 5) is 24.8. The third kappa shape index (κ3) is 11.2. The van der Waals surface area contributed by atoms with Crippen molar-refractivity contribution in [2.24, 2.45) is 5.92 Å². The van der Waals surface area contributed by atoms with E-state index in [1.54, 1.807) is 0 Å². The van der Waals surface area contributed by atoms with Gasteiger partial charge in [0.25, 0.3) is 0 Å². The van der Waals surface area contributed by atoms with Crippen LogP contribution in [0.3, 0.4) is 0 Å². The van der Waals surface area contributed by atoms with Gasteiger partial charge in [0.15, 0.2) is 0 Å². The number of carbonyl (C=O) groups excluding carboxylic acids is 2. The molecule has 0 bridgehead atoms. The molecule has 2 fully saturated rings. The van der Waals surface area contributed by atoms with Gasteiger partial charge < -0.3 is 15.4 Å². The first-order valence-corrected chi connectivity index (χ1v) is 13.9. The standard InChI is InChI=1S/C29H54N2O3/c1-26(2)18-22(19-27(3,4)30-26)17-23(32)15-13-11-9-10-12-14-16-25(33)34-24-20-28(5,6)31-29(7,8)21-24/h22,24,30-31H,9-21H2,1-8H3. The van der Waals surface area contributed by atoms with Gasteiger partial charge in [-0.3, -0.25) is 9.59 Å². The molecule has 2 heterocycles. The third-order valence-electron chi connectivity index (χ3n) is 7.33. The van der Waals surface area contributed by atoms with Gasteiger partial charge in [-0.25, -0.2) is 0 Å². The van der Waals surface area contributed by atoms with Crippen LogP contribution in [0.1, 0.15) is 139 Å². The molecule has 0 aliphatic carbocycles. The first-order chi connectivity index (χ1) is 15.6. The summed E-state index contributed by atoms with van der Waals surface area (Å²) in [6.07, 6.45) is 12.2. The molecule has 0 aromatic heterocycles. The van der Waals surface area contributed by atoms with E-state index in [0.717, 1.165) is 77.0 Å². The maximum absolute atomic E-state index is 12.5. The van der Waals surface area contributed by atoms with Gasteiger partial charge in [0.2, 0.25) is 0 Å². The SMILES string of the molecule is CC1(C)CC(CC(=O)CCCCCCCCC(=O)OC2CC(C)(C)NC(C)(C)C2)CC(C)(C)N1. The Hall–Kier alpha value is -0.940. The van der Waals surface area contributed by atoms with Crippen LogP contribution < -0.4 is 10.6 Å². The maximum Gasteiger partial charge on any atom is 0.306 e. The third-order valence-corrected chi connectivity index (χ3v) is 7.33. The van der Waals surface area contributed by atoms with E-state index in [4.69, 9.17) is 4.74 Å². The summed E-state index contributed by atoms with van der Waals surface area (Å²) in [7, 11) is 0. The lowest BCUT2D eigenvalue weighted by molar-refractivity contribution is -0.153. The number of ether oxygens (including phenoxy) is 1. The molecular formula is C29H54N2O3. The van der Waals surface area contributed by atoms with E-state index in [1.807, 2.05) is 0 Å². The van der Waals surface area contributed by atoms with Crippen molar-refractivity contribution in [1.29, 1.82) is 0 Å². The van der Waals surface area contributed by atoms with E-state index < -0.39 is 0 Å². The molecule has 0 amide bonds. The molecule has 2 rings (SSSR count). The molecule has 0 atom stereocenters. The highest BCUT2D eigenvalue weighted by atomic mass is 16.5. The number of unbranched alkanes of at least 4 members (excludes halogenated alkanes) is 5. The summed E-state index contributed by atoms with van der Waals surface area (Å²) in [5, 5.41) is 7.33. The maximum atomic E-state index is 12.5. The highest BCUT2D eigenvalue weighted by molar-refractivity contribution is 5.78. The van der Waals surface area contributed by atoms with Crippen molar-refractivity contribution in [3.63, 3.8) is 0 Å². The molecule has 2 N–H and O–H groups in total. The zero-order chi connectivity index (χ0) is 25.6. The lowest BCUT2D eigenvalue weighted by Crippen LogP contribution is -2.59. The molecule has 2 aliphatic rings. The van der Waals surface area contributed by atoms with Crippen molar-refractivity contribution in [1.82, 2.24) is 10.6 Å². The van der Waals surface area contributed by atoms with Gasteiger partial charge in [-0.2, -0.15) is 0 Å². The number of esters is 1. The number of hydrogen-bond acceptors (Lipinski definition) is 5. The summed E-state index contributed by atoms with van der Waals surface area (Å²) in [6, 6.07) is 0. The van der Waals surface area contributed by atoms with Crippen molar-refractivity contribution in [3.8, 4) is 0 Å². The van der Waals surface area contributed by atoms with E-state index >= 15 is 0 Å². The van der Waals surface area contributed by atoms with Crippen LogP contribution >= 0.6 is 0 Å². The fourth-order valence-electron chi connectivity index (χ4n) is 6.96. The van der Waals surface area contributed by atoms with E-state index in [0.29, 0.717) is 18.1 Å². The smallest absolute Gasteiger partial charge is 0.306 e. The second-order valence-electron chi connectivity index (χ2n) is 13.9. The second-order valence-corrected chi connectivity index (χ2v) is 13.9. The lowest BCUT2D eigenvalue weighted by Gasteiger charge is -2.46. The molecule has 2 saturated heterocycles. The monoisotopic (exact) mass is 478 g/mol. The highest BCUT2D eigenvalue weighted by Gasteiger charge is 2.39. The highest BCUT2D eigenvalue weighted by Crippen LogP contribution is 2.35. The zero-order valence-electron chi connectivity index (χ0n) is 23.6. The molecule has 0 spiro atoms. The molecule has 0 saturated carbocycles. The average molecular weight is 479 g/mol. The molecule has 0 aromatic carbocycles. The Labute approximate surface area is 209 Å². The van der Waals surface area contributed by atoms with E-state index in [2.05, 4.69) is 66.0 Å². The molecular weight excluding hydrogens is 424 g/mol. The van der Waals surface area contributed by atoms with Crippen LogP contribution in [-0.2, 0) is 14.3 Å². The van der Waals surface area contributed by atoms with Crippen molar-refractivity contribution in [2.45, 2.75) is 167 Å². The summed E-state index contributed by atoms with van der Waals surface area (Å²) in [5.74, 6) is 0.888. The van der Waals surface area contributed by atoms with Crippen molar-refractivity contribution < 1.29 is 14.3 Å². The van der Waals surface area contributed by atoms with Gasteiger partial charge in [0.05, 0.1) is 0 Å². The predicted molar refractivity (Wildman–Crippen MR) is 141 cm³/mol. The van der Waals surface area contributed by atoms with E-state index in [1.165, 1.54) is 0 Å². The van der Waals surface area contributed by atoms with Crippen LogP contribution in [0.5, 0.6) is 0 Å². The van der Waals surface area contributed by atoms with Crippen molar-refractivity contribution in [2.75, 3.05) is 0 Å². The largest absolute Gasteiger partial charge is 0.462 e. The minimum atomic E-state index is -0.0478. The number of piperidine rings is 2. The van der Waals surface area contributed by atoms with Gasteiger partial charge >= 0.3 is 5.97 Å².